The summed E-state index contributed by atoms with van der Waals surface area (Å²) >= 11 is 1.85. The van der Waals surface area contributed by atoms with Crippen LogP contribution in [-0.4, -0.2) is 30.6 Å². The van der Waals surface area contributed by atoms with Gasteiger partial charge in [0.05, 0.1) is 19.3 Å². The molecular formula is C20H31IN4OS. The fraction of sp³-hybridized carbons (Fsp3) is 0.500. The minimum Gasteiger partial charge on any atom is -0.496 e. The van der Waals surface area contributed by atoms with E-state index in [9.17, 15) is 0 Å². The lowest BCUT2D eigenvalue weighted by atomic mass is 10.1. The molecule has 0 aliphatic rings. The number of aromatic nitrogens is 1. The summed E-state index contributed by atoms with van der Waals surface area (Å²) in [5.41, 5.74) is 3.03. The van der Waals surface area contributed by atoms with Gasteiger partial charge in [0, 0.05) is 46.1 Å². The highest BCUT2D eigenvalue weighted by atomic mass is 127. The van der Waals surface area contributed by atoms with Crippen LogP contribution < -0.4 is 15.4 Å². The molecule has 0 saturated heterocycles. The molecule has 2 N–H and O–H groups in total. The van der Waals surface area contributed by atoms with E-state index in [1.807, 2.05) is 31.4 Å². The van der Waals surface area contributed by atoms with Gasteiger partial charge in [0.15, 0.2) is 5.96 Å². The summed E-state index contributed by atoms with van der Waals surface area (Å²) in [5, 5.41) is 6.81. The number of methoxy groups -OCH3 is 1. The monoisotopic (exact) mass is 502 g/mol. The first-order valence-corrected chi connectivity index (χ1v) is 9.85. The second-order valence-electron chi connectivity index (χ2n) is 6.50. The lowest BCUT2D eigenvalue weighted by molar-refractivity contribution is 0.407. The average Bonchev–Trinajstić information content (AvgIpc) is 2.99. The van der Waals surface area contributed by atoms with Gasteiger partial charge in [-0.25, -0.2) is 4.99 Å². The first-order valence-electron chi connectivity index (χ1n) is 9.03. The van der Waals surface area contributed by atoms with E-state index in [1.54, 1.807) is 7.11 Å². The van der Waals surface area contributed by atoms with Gasteiger partial charge in [-0.15, -0.1) is 35.3 Å². The highest BCUT2D eigenvalue weighted by Crippen LogP contribution is 2.24. The summed E-state index contributed by atoms with van der Waals surface area (Å²) in [5.74, 6) is 1.71. The molecule has 2 aromatic heterocycles. The van der Waals surface area contributed by atoms with Crippen LogP contribution in [0.4, 0.5) is 0 Å². The van der Waals surface area contributed by atoms with Gasteiger partial charge in [-0.1, -0.05) is 0 Å². The summed E-state index contributed by atoms with van der Waals surface area (Å²) < 4.78 is 5.49. The molecule has 0 aliphatic carbocycles. The number of halogens is 1. The number of nitrogens with one attached hydrogen (secondary N) is 2. The smallest absolute Gasteiger partial charge is 0.191 e. The van der Waals surface area contributed by atoms with Crippen LogP contribution in [0.2, 0.25) is 0 Å². The molecule has 0 bridgehead atoms. The Morgan fingerprint density at radius 1 is 1.30 bits per heavy atom. The van der Waals surface area contributed by atoms with E-state index in [-0.39, 0.29) is 24.0 Å². The number of thiophene rings is 1. The second kappa shape index (κ2) is 11.5. The van der Waals surface area contributed by atoms with Crippen molar-refractivity contribution in [2.45, 2.75) is 53.6 Å². The largest absolute Gasteiger partial charge is 0.496 e. The van der Waals surface area contributed by atoms with Crippen molar-refractivity contribution in [1.29, 1.82) is 0 Å². The van der Waals surface area contributed by atoms with E-state index >= 15 is 0 Å². The molecule has 150 valence electrons. The number of guanidine groups is 1. The molecule has 0 fully saturated rings. The molecule has 1 atom stereocenters. The highest BCUT2D eigenvalue weighted by molar-refractivity contribution is 14.0. The zero-order valence-corrected chi connectivity index (χ0v) is 20.2. The fourth-order valence-electron chi connectivity index (χ4n) is 2.89. The number of aryl methyl sites for hydroxylation is 2. The minimum atomic E-state index is 0. The minimum absolute atomic E-state index is 0. The molecule has 7 heteroatoms. The topological polar surface area (TPSA) is 58.5 Å². The Morgan fingerprint density at radius 2 is 2.04 bits per heavy atom. The van der Waals surface area contributed by atoms with E-state index in [2.05, 4.69) is 48.5 Å². The summed E-state index contributed by atoms with van der Waals surface area (Å²) in [6, 6.07) is 4.67. The first-order chi connectivity index (χ1) is 12.4. The number of hydrogen-bond donors (Lipinski definition) is 2. The van der Waals surface area contributed by atoms with E-state index in [0.717, 1.165) is 41.5 Å². The van der Waals surface area contributed by atoms with Gasteiger partial charge < -0.3 is 15.4 Å². The maximum Gasteiger partial charge on any atom is 0.191 e. The quantitative estimate of drug-likeness (QED) is 0.335. The SMILES string of the molecule is CCNC(=NCc1ncc(C)c(OC)c1C)NC(C)Cc1ccc(C)s1.I. The van der Waals surface area contributed by atoms with Gasteiger partial charge in [0.1, 0.15) is 5.75 Å². The summed E-state index contributed by atoms with van der Waals surface area (Å²) in [6.07, 6.45) is 2.83. The van der Waals surface area contributed by atoms with Crippen molar-refractivity contribution in [3.63, 3.8) is 0 Å². The molecule has 2 heterocycles. The molecule has 0 amide bonds. The Kier molecular flexibility index (Phi) is 10.1. The van der Waals surface area contributed by atoms with Crippen LogP contribution in [0.15, 0.2) is 23.3 Å². The van der Waals surface area contributed by atoms with Crippen LogP contribution in [-0.2, 0) is 13.0 Å². The number of pyridine rings is 1. The second-order valence-corrected chi connectivity index (χ2v) is 7.88. The average molecular weight is 502 g/mol. The molecule has 0 spiro atoms. The lowest BCUT2D eigenvalue weighted by Gasteiger charge is -2.17. The number of ether oxygens (including phenoxy) is 1. The third kappa shape index (κ3) is 6.95. The highest BCUT2D eigenvalue weighted by Gasteiger charge is 2.11. The molecule has 0 saturated carbocycles. The predicted molar refractivity (Wildman–Crippen MR) is 126 cm³/mol. The maximum atomic E-state index is 5.49. The third-order valence-corrected chi connectivity index (χ3v) is 5.19. The number of nitrogens with zero attached hydrogens (tertiary/aromatic N) is 2. The molecule has 27 heavy (non-hydrogen) atoms. The number of aliphatic imine (C=N–C) groups is 1. The molecule has 5 nitrogen and oxygen atoms in total. The van der Waals surface area contributed by atoms with E-state index < -0.39 is 0 Å². The van der Waals surface area contributed by atoms with Crippen LogP contribution >= 0.6 is 35.3 Å². The Hall–Kier alpha value is -1.35. The summed E-state index contributed by atoms with van der Waals surface area (Å²) in [4.78, 5) is 12.0. The molecule has 2 aromatic rings. The van der Waals surface area contributed by atoms with Crippen LogP contribution in [0.25, 0.3) is 0 Å². The van der Waals surface area contributed by atoms with Gasteiger partial charge >= 0.3 is 0 Å². The predicted octanol–water partition coefficient (Wildman–Crippen LogP) is 4.38. The fourth-order valence-corrected chi connectivity index (χ4v) is 3.90. The van der Waals surface area contributed by atoms with E-state index in [1.165, 1.54) is 9.75 Å². The van der Waals surface area contributed by atoms with Crippen molar-refractivity contribution in [2.24, 2.45) is 4.99 Å². The van der Waals surface area contributed by atoms with Crippen LogP contribution in [0.5, 0.6) is 5.75 Å². The Balaban J connectivity index is 0.00000364. The molecule has 2 rings (SSSR count). The summed E-state index contributed by atoms with van der Waals surface area (Å²) in [7, 11) is 1.70. The standard InChI is InChI=1S/C20H30N4OS.HI/c1-7-21-20(24-14(3)10-17-9-8-15(4)26-17)23-12-18-16(5)19(25-6)13(2)11-22-18;/h8-9,11,14H,7,10,12H2,1-6H3,(H2,21,23,24);1H. The molecule has 1 unspecified atom stereocenters. The summed E-state index contributed by atoms with van der Waals surface area (Å²) in [6.45, 7) is 11.8. The Bertz CT molecular complexity index is 760. The van der Waals surface area contributed by atoms with Gasteiger partial charge in [0.25, 0.3) is 0 Å². The van der Waals surface area contributed by atoms with Crippen molar-refractivity contribution < 1.29 is 4.74 Å². The molecule has 0 aliphatic heterocycles. The Morgan fingerprint density at radius 3 is 2.63 bits per heavy atom. The zero-order chi connectivity index (χ0) is 19.1. The first kappa shape index (κ1) is 23.7. The van der Waals surface area contributed by atoms with Gasteiger partial charge in [-0.3, -0.25) is 4.98 Å². The number of hydrogen-bond acceptors (Lipinski definition) is 4. The van der Waals surface area contributed by atoms with Crippen molar-refractivity contribution >= 4 is 41.3 Å². The van der Waals surface area contributed by atoms with E-state index in [4.69, 9.17) is 9.73 Å². The zero-order valence-electron chi connectivity index (χ0n) is 17.0. The molecule has 0 aromatic carbocycles. The molecule has 0 radical (unpaired) electrons. The third-order valence-electron chi connectivity index (χ3n) is 4.17. The van der Waals surface area contributed by atoms with Crippen molar-refractivity contribution in [3.05, 3.63) is 44.9 Å². The van der Waals surface area contributed by atoms with Crippen LogP contribution in [0.3, 0.4) is 0 Å². The van der Waals surface area contributed by atoms with Gasteiger partial charge in [-0.2, -0.15) is 0 Å². The Labute approximate surface area is 184 Å². The number of rotatable bonds is 7. The van der Waals surface area contributed by atoms with Crippen molar-refractivity contribution in [2.75, 3.05) is 13.7 Å². The van der Waals surface area contributed by atoms with E-state index in [0.29, 0.717) is 12.6 Å². The normalized spacial score (nSPS) is 12.3. The van der Waals surface area contributed by atoms with Gasteiger partial charge in [-0.05, 0) is 46.8 Å². The van der Waals surface area contributed by atoms with Crippen molar-refractivity contribution in [3.8, 4) is 5.75 Å². The van der Waals surface area contributed by atoms with Gasteiger partial charge in [0.2, 0.25) is 0 Å². The van der Waals surface area contributed by atoms with Crippen LogP contribution in [0, 0.1) is 20.8 Å². The van der Waals surface area contributed by atoms with Crippen molar-refractivity contribution in [1.82, 2.24) is 15.6 Å². The van der Waals surface area contributed by atoms with Crippen LogP contribution in [0.1, 0.15) is 40.4 Å². The maximum absolute atomic E-state index is 5.49. The molecular weight excluding hydrogens is 471 g/mol. The lowest BCUT2D eigenvalue weighted by Crippen LogP contribution is -2.43.